The van der Waals surface area contributed by atoms with E-state index in [4.69, 9.17) is 14.2 Å². The fraction of sp³-hybridized carbons (Fsp3) is 0.605. The molecule has 1 aromatic carbocycles. The molecular weight excluding hydrogens is 745 g/mol. The smallest absolute Gasteiger partial charge is 0.308 e. The molecule has 0 radical (unpaired) electrons. The minimum absolute atomic E-state index is 0.109. The second kappa shape index (κ2) is 20.9. The van der Waals surface area contributed by atoms with Crippen LogP contribution < -0.4 is 5.32 Å². The lowest BCUT2D eigenvalue weighted by molar-refractivity contribution is -0.304. The van der Waals surface area contributed by atoms with Gasteiger partial charge in [-0.2, -0.15) is 0 Å². The highest BCUT2D eigenvalue weighted by Crippen LogP contribution is 2.34. The van der Waals surface area contributed by atoms with Crippen molar-refractivity contribution >= 4 is 22.7 Å². The summed E-state index contributed by atoms with van der Waals surface area (Å²) >= 11 is 0. The predicted molar refractivity (Wildman–Crippen MR) is 217 cm³/mol. The molecule has 0 bridgehead atoms. The highest BCUT2D eigenvalue weighted by molar-refractivity contribution is 5.91. The van der Waals surface area contributed by atoms with Gasteiger partial charge in [0.15, 0.2) is 12.1 Å². The third-order valence-corrected chi connectivity index (χ3v) is 11.6. The van der Waals surface area contributed by atoms with Crippen molar-refractivity contribution < 1.29 is 44.2 Å². The topological polar surface area (TPSA) is 202 Å². The van der Waals surface area contributed by atoms with Crippen molar-refractivity contribution in [3.63, 3.8) is 0 Å². The number of pyridine rings is 1. The van der Waals surface area contributed by atoms with Crippen LogP contribution in [0, 0.1) is 23.7 Å². The van der Waals surface area contributed by atoms with Gasteiger partial charge in [-0.15, -0.1) is 5.10 Å². The van der Waals surface area contributed by atoms with Crippen molar-refractivity contribution in [1.29, 1.82) is 0 Å². The lowest BCUT2D eigenvalue weighted by atomic mass is 9.79. The third kappa shape index (κ3) is 11.2. The monoisotopic (exact) mass is 806 g/mol. The van der Waals surface area contributed by atoms with Gasteiger partial charge in [0.2, 0.25) is 0 Å². The summed E-state index contributed by atoms with van der Waals surface area (Å²) in [5.74, 6) is -2.80. The molecule has 2 aliphatic rings. The maximum atomic E-state index is 13.7. The van der Waals surface area contributed by atoms with Gasteiger partial charge in [0.05, 0.1) is 66.6 Å². The van der Waals surface area contributed by atoms with Crippen molar-refractivity contribution in [2.75, 3.05) is 27.2 Å². The van der Waals surface area contributed by atoms with Gasteiger partial charge in [0.1, 0.15) is 12.2 Å². The molecule has 0 aliphatic carbocycles. The van der Waals surface area contributed by atoms with Crippen LogP contribution in [-0.4, -0.2) is 133 Å². The van der Waals surface area contributed by atoms with Crippen LogP contribution in [-0.2, 0) is 30.3 Å². The summed E-state index contributed by atoms with van der Waals surface area (Å²) in [5, 5.41) is 57.5. The van der Waals surface area contributed by atoms with E-state index in [0.29, 0.717) is 38.0 Å². The third-order valence-electron chi connectivity index (χ3n) is 11.6. The Kier molecular flexibility index (Phi) is 16.2. The zero-order valence-corrected chi connectivity index (χ0v) is 34.7. The number of likely N-dealkylation sites (N-methyl/N-ethyl adjacent to an activating group) is 1. The van der Waals surface area contributed by atoms with Gasteiger partial charge in [-0.1, -0.05) is 49.8 Å². The molecule has 15 heteroatoms. The van der Waals surface area contributed by atoms with E-state index in [1.54, 1.807) is 55.9 Å². The standard InChI is InChI=1S/C43H62N6O9/c1-8-37-30(24-50)19-25(2)14-15-35(51)26(3)20-29(16-18-44-22-31-23-49(47-46-31)34-13-9-12-33-32(34)11-10-17-45-33)42(27(4)36(52)21-38(53)57-37)58-43-41(55)39(48(6)7)40(54)28(5)56-43/h9-15,17,19,23,26-30,36-37,39-44,50,52,54-55H,8,16,18,20-22,24H2,1-7H3/b15-14+,25-19+/t26-,27+,28-,29+,30-,36-,37-,39?,40-,41?,42-,43+/m1/s1. The number of esters is 1. The zero-order valence-electron chi connectivity index (χ0n) is 34.7. The second-order valence-electron chi connectivity index (χ2n) is 16.2. The van der Waals surface area contributed by atoms with E-state index in [0.717, 1.165) is 22.2 Å². The van der Waals surface area contributed by atoms with Gasteiger partial charge >= 0.3 is 5.97 Å². The molecule has 0 amide bonds. The quantitative estimate of drug-likeness (QED) is 0.140. The average Bonchev–Trinajstić information content (AvgIpc) is 3.68. The van der Waals surface area contributed by atoms with E-state index >= 15 is 0 Å². The molecule has 0 spiro atoms. The number of nitrogens with zero attached hydrogens (tertiary/aromatic N) is 5. The minimum atomic E-state index is -1.26. The summed E-state index contributed by atoms with van der Waals surface area (Å²) in [6.45, 7) is 9.60. The number of ketones is 1. The van der Waals surface area contributed by atoms with Crippen LogP contribution in [0.4, 0.5) is 0 Å². The van der Waals surface area contributed by atoms with Crippen LogP contribution in [0.15, 0.2) is 66.5 Å². The molecular formula is C43H62N6O9. The first kappa shape index (κ1) is 45.2. The fourth-order valence-electron chi connectivity index (χ4n) is 8.15. The summed E-state index contributed by atoms with van der Waals surface area (Å²) in [7, 11) is 3.51. The van der Waals surface area contributed by atoms with Crippen LogP contribution in [0.25, 0.3) is 16.6 Å². The van der Waals surface area contributed by atoms with Crippen molar-refractivity contribution in [2.45, 2.75) is 116 Å². The molecule has 4 heterocycles. The maximum absolute atomic E-state index is 13.7. The average molecular weight is 807 g/mol. The summed E-state index contributed by atoms with van der Waals surface area (Å²) in [5.41, 5.74) is 3.15. The van der Waals surface area contributed by atoms with Crippen molar-refractivity contribution in [3.05, 3.63) is 72.2 Å². The van der Waals surface area contributed by atoms with Gasteiger partial charge in [-0.3, -0.25) is 14.6 Å². The lowest BCUT2D eigenvalue weighted by Gasteiger charge is -2.46. The number of aliphatic hydroxyl groups is 4. The number of carbonyl (C=O) groups excluding carboxylic acids is 2. The molecule has 1 fully saturated rings. The lowest BCUT2D eigenvalue weighted by Crippen LogP contribution is -2.63. The number of rotatable bonds is 11. The molecule has 58 heavy (non-hydrogen) atoms. The SMILES string of the molecule is CC[C@H]1OC(=O)C[C@@H](O)[C@H](C)[C@@H](O[C@@H]2O[C@H](C)[C@@H](O)C(N(C)C)C2O)[C@@H](CCNCc2cn(-c3cccc4ncccc34)nn2)C[C@@H](C)C(=O)/C=C/C(C)=C/[C@@H]1CO. The Morgan fingerprint density at radius 2 is 1.83 bits per heavy atom. The number of ether oxygens (including phenoxy) is 3. The van der Waals surface area contributed by atoms with E-state index in [1.165, 1.54) is 6.08 Å². The maximum Gasteiger partial charge on any atom is 0.308 e. The first-order chi connectivity index (χ1) is 27.7. The number of aliphatic hydroxyl groups excluding tert-OH is 4. The number of benzene rings is 1. The largest absolute Gasteiger partial charge is 0.462 e. The molecule has 1 saturated heterocycles. The highest BCUT2D eigenvalue weighted by Gasteiger charge is 2.47. The van der Waals surface area contributed by atoms with Gasteiger partial charge < -0.3 is 44.9 Å². The molecule has 318 valence electrons. The molecule has 15 nitrogen and oxygen atoms in total. The molecule has 2 aliphatic heterocycles. The molecule has 2 aromatic heterocycles. The van der Waals surface area contributed by atoms with Crippen LogP contribution in [0.5, 0.6) is 0 Å². The summed E-state index contributed by atoms with van der Waals surface area (Å²) in [4.78, 5) is 33.2. The predicted octanol–water partition coefficient (Wildman–Crippen LogP) is 3.12. The van der Waals surface area contributed by atoms with E-state index in [1.807, 2.05) is 57.3 Å². The van der Waals surface area contributed by atoms with Crippen molar-refractivity contribution in [1.82, 2.24) is 30.2 Å². The first-order valence-corrected chi connectivity index (χ1v) is 20.4. The number of carbonyl (C=O) groups is 2. The van der Waals surface area contributed by atoms with Gasteiger partial charge in [-0.05, 0) is 90.0 Å². The normalized spacial score (nSPS) is 33.5. The van der Waals surface area contributed by atoms with E-state index in [2.05, 4.69) is 20.6 Å². The van der Waals surface area contributed by atoms with E-state index in [9.17, 15) is 30.0 Å². The number of nitrogens with one attached hydrogen (secondary N) is 1. The number of hydrogen-bond acceptors (Lipinski definition) is 14. The number of allylic oxidation sites excluding steroid dienone is 3. The first-order valence-electron chi connectivity index (χ1n) is 20.4. The van der Waals surface area contributed by atoms with Gasteiger partial charge in [0.25, 0.3) is 0 Å². The van der Waals surface area contributed by atoms with Crippen molar-refractivity contribution in [2.24, 2.45) is 23.7 Å². The second-order valence-corrected chi connectivity index (χ2v) is 16.2. The Morgan fingerprint density at radius 3 is 2.55 bits per heavy atom. The van der Waals surface area contributed by atoms with Crippen LogP contribution in [0.3, 0.4) is 0 Å². The Labute approximate surface area is 341 Å². The fourth-order valence-corrected chi connectivity index (χ4v) is 8.15. The summed E-state index contributed by atoms with van der Waals surface area (Å²) < 4.78 is 20.3. The highest BCUT2D eigenvalue weighted by atomic mass is 16.7. The van der Waals surface area contributed by atoms with Crippen LogP contribution in [0.2, 0.25) is 0 Å². The number of aromatic nitrogens is 4. The Morgan fingerprint density at radius 1 is 1.05 bits per heavy atom. The van der Waals surface area contributed by atoms with Gasteiger partial charge in [0, 0.05) is 35.9 Å². The molecule has 5 rings (SSSR count). The van der Waals surface area contributed by atoms with Crippen LogP contribution >= 0.6 is 0 Å². The van der Waals surface area contributed by atoms with Crippen molar-refractivity contribution in [3.8, 4) is 5.69 Å². The number of cyclic esters (lactones) is 1. The molecule has 12 atom stereocenters. The van der Waals surface area contributed by atoms with Crippen LogP contribution in [0.1, 0.15) is 66.0 Å². The Balaban J connectivity index is 1.42. The zero-order chi connectivity index (χ0) is 42.1. The number of hydrogen-bond donors (Lipinski definition) is 5. The Hall–Kier alpha value is -3.93. The summed E-state index contributed by atoms with van der Waals surface area (Å²) in [6, 6.07) is 8.98. The van der Waals surface area contributed by atoms with E-state index < -0.39 is 72.7 Å². The Bertz CT molecular complexity index is 1860. The molecule has 2 unspecified atom stereocenters. The molecule has 5 N–H and O–H groups in total. The molecule has 0 saturated carbocycles. The number of fused-ring (bicyclic) bond motifs is 1. The molecule has 3 aromatic rings. The minimum Gasteiger partial charge on any atom is -0.462 e. The van der Waals surface area contributed by atoms with E-state index in [-0.39, 0.29) is 24.7 Å². The summed E-state index contributed by atoms with van der Waals surface area (Å²) in [6.07, 6.45) is 2.72. The van der Waals surface area contributed by atoms with Gasteiger partial charge in [-0.25, -0.2) is 4.68 Å².